The molecule has 0 aliphatic carbocycles. The third kappa shape index (κ3) is 3.46. The van der Waals surface area contributed by atoms with Crippen LogP contribution in [-0.2, 0) is 29.0 Å². The van der Waals surface area contributed by atoms with Gasteiger partial charge < -0.3 is 9.64 Å². The van der Waals surface area contributed by atoms with Crippen LogP contribution in [0.2, 0.25) is 0 Å². The second kappa shape index (κ2) is 7.53. The number of fused-ring (bicyclic) bond motifs is 1. The molecule has 3 heterocycles. The molecule has 1 unspecified atom stereocenters. The molecule has 1 aliphatic heterocycles. The van der Waals surface area contributed by atoms with Crippen LogP contribution in [0.3, 0.4) is 0 Å². The number of methoxy groups -OCH3 is 1. The molecule has 1 atom stereocenters. The molecule has 1 amide bonds. The predicted octanol–water partition coefficient (Wildman–Crippen LogP) is 1.40. The first-order chi connectivity index (χ1) is 11.7. The molecule has 0 spiro atoms. The topological polar surface area (TPSA) is 73.1 Å². The molecule has 2 aromatic heterocycles. The Labute approximate surface area is 141 Å². The number of carbonyl (C=O) groups excluding carboxylic acids is 1. The highest BCUT2D eigenvalue weighted by Crippen LogP contribution is 2.29. The number of hydrogen-bond donors (Lipinski definition) is 0. The van der Waals surface area contributed by atoms with Gasteiger partial charge in [-0.1, -0.05) is 0 Å². The number of hydrogen-bond acceptors (Lipinski definition) is 5. The molecule has 24 heavy (non-hydrogen) atoms. The summed E-state index contributed by atoms with van der Waals surface area (Å²) in [5, 5.41) is 4.44. The SMILES string of the molecule is CCn1ncc2c1CN(C(=O)CCc1cncnc1)CC2COC. The molecule has 0 radical (unpaired) electrons. The lowest BCUT2D eigenvalue weighted by Gasteiger charge is -2.33. The number of amides is 1. The van der Waals surface area contributed by atoms with Gasteiger partial charge in [0.25, 0.3) is 0 Å². The molecule has 0 aromatic carbocycles. The van der Waals surface area contributed by atoms with Gasteiger partial charge in [-0.25, -0.2) is 9.97 Å². The highest BCUT2D eigenvalue weighted by Gasteiger charge is 2.30. The van der Waals surface area contributed by atoms with Crippen molar-refractivity contribution < 1.29 is 9.53 Å². The fraction of sp³-hybridized carbons (Fsp3) is 0.529. The standard InChI is InChI=1S/C17H23N5O2/c1-3-22-16-10-21(9-14(11-24-2)15(16)8-20-22)17(23)5-4-13-6-18-12-19-7-13/h6-8,12,14H,3-5,9-11H2,1-2H3. The van der Waals surface area contributed by atoms with Crippen LogP contribution in [0.4, 0.5) is 0 Å². The van der Waals surface area contributed by atoms with Crippen LogP contribution in [-0.4, -0.2) is 50.8 Å². The maximum absolute atomic E-state index is 12.7. The van der Waals surface area contributed by atoms with Crippen molar-refractivity contribution in [1.82, 2.24) is 24.6 Å². The minimum atomic E-state index is 0.148. The number of aromatic nitrogens is 4. The molecule has 1 aliphatic rings. The smallest absolute Gasteiger partial charge is 0.223 e. The summed E-state index contributed by atoms with van der Waals surface area (Å²) < 4.78 is 7.32. The minimum absolute atomic E-state index is 0.148. The van der Waals surface area contributed by atoms with Gasteiger partial charge in [-0.3, -0.25) is 9.48 Å². The molecular formula is C17H23N5O2. The molecule has 0 bridgehead atoms. The van der Waals surface area contributed by atoms with Crippen LogP contribution >= 0.6 is 0 Å². The predicted molar refractivity (Wildman–Crippen MR) is 88.3 cm³/mol. The lowest BCUT2D eigenvalue weighted by Crippen LogP contribution is -2.40. The van der Waals surface area contributed by atoms with Crippen molar-refractivity contribution in [3.8, 4) is 0 Å². The molecule has 0 saturated carbocycles. The van der Waals surface area contributed by atoms with Crippen molar-refractivity contribution >= 4 is 5.91 Å². The van der Waals surface area contributed by atoms with Gasteiger partial charge in [-0.05, 0) is 18.9 Å². The number of aryl methyl sites for hydroxylation is 2. The summed E-state index contributed by atoms with van der Waals surface area (Å²) in [5.41, 5.74) is 3.32. The van der Waals surface area contributed by atoms with Crippen LogP contribution in [0.25, 0.3) is 0 Å². The maximum atomic E-state index is 12.7. The Morgan fingerprint density at radius 1 is 1.33 bits per heavy atom. The van der Waals surface area contributed by atoms with E-state index in [0.717, 1.165) is 17.8 Å². The zero-order valence-electron chi connectivity index (χ0n) is 14.2. The van der Waals surface area contributed by atoms with E-state index in [4.69, 9.17) is 4.74 Å². The summed E-state index contributed by atoms with van der Waals surface area (Å²) in [7, 11) is 1.69. The summed E-state index contributed by atoms with van der Waals surface area (Å²) in [5.74, 6) is 0.331. The van der Waals surface area contributed by atoms with Gasteiger partial charge in [0.2, 0.25) is 5.91 Å². The van der Waals surface area contributed by atoms with Gasteiger partial charge in [-0.15, -0.1) is 0 Å². The van der Waals surface area contributed by atoms with Crippen molar-refractivity contribution in [3.63, 3.8) is 0 Å². The summed E-state index contributed by atoms with van der Waals surface area (Å²) in [6.07, 6.45) is 8.06. The minimum Gasteiger partial charge on any atom is -0.384 e. The second-order valence-electron chi connectivity index (χ2n) is 6.04. The Bertz CT molecular complexity index is 686. The first kappa shape index (κ1) is 16.6. The lowest BCUT2D eigenvalue weighted by atomic mass is 9.95. The van der Waals surface area contributed by atoms with E-state index < -0.39 is 0 Å². The van der Waals surface area contributed by atoms with E-state index in [1.165, 1.54) is 11.9 Å². The Morgan fingerprint density at radius 3 is 2.83 bits per heavy atom. The highest BCUT2D eigenvalue weighted by atomic mass is 16.5. The summed E-state index contributed by atoms with van der Waals surface area (Å²) in [6.45, 7) is 4.76. The largest absolute Gasteiger partial charge is 0.384 e. The second-order valence-corrected chi connectivity index (χ2v) is 6.04. The Kier molecular flexibility index (Phi) is 5.20. The van der Waals surface area contributed by atoms with E-state index in [1.807, 2.05) is 15.8 Å². The third-order valence-electron chi connectivity index (χ3n) is 4.46. The van der Waals surface area contributed by atoms with E-state index in [-0.39, 0.29) is 11.8 Å². The van der Waals surface area contributed by atoms with Crippen LogP contribution < -0.4 is 0 Å². The van der Waals surface area contributed by atoms with Gasteiger partial charge >= 0.3 is 0 Å². The molecule has 0 saturated heterocycles. The Balaban J connectivity index is 1.70. The van der Waals surface area contributed by atoms with E-state index >= 15 is 0 Å². The van der Waals surface area contributed by atoms with E-state index in [9.17, 15) is 4.79 Å². The molecule has 128 valence electrons. The molecular weight excluding hydrogens is 306 g/mol. The van der Waals surface area contributed by atoms with Gasteiger partial charge in [0, 0.05) is 50.5 Å². The van der Waals surface area contributed by atoms with Gasteiger partial charge in [0.15, 0.2) is 0 Å². The quantitative estimate of drug-likeness (QED) is 0.801. The first-order valence-electron chi connectivity index (χ1n) is 8.28. The molecule has 2 aromatic rings. The zero-order valence-corrected chi connectivity index (χ0v) is 14.2. The zero-order chi connectivity index (χ0) is 16.9. The summed E-state index contributed by atoms with van der Waals surface area (Å²) in [4.78, 5) is 22.6. The van der Waals surface area contributed by atoms with Crippen molar-refractivity contribution in [1.29, 1.82) is 0 Å². The summed E-state index contributed by atoms with van der Waals surface area (Å²) >= 11 is 0. The average Bonchev–Trinajstić information content (AvgIpc) is 3.04. The third-order valence-corrected chi connectivity index (χ3v) is 4.46. The van der Waals surface area contributed by atoms with Crippen LogP contribution in [0.1, 0.15) is 36.1 Å². The van der Waals surface area contributed by atoms with Crippen molar-refractivity contribution in [2.75, 3.05) is 20.3 Å². The maximum Gasteiger partial charge on any atom is 0.223 e. The Morgan fingerprint density at radius 2 is 2.12 bits per heavy atom. The molecule has 3 rings (SSSR count). The van der Waals surface area contributed by atoms with Crippen LogP contribution in [0, 0.1) is 0 Å². The molecule has 0 fully saturated rings. The van der Waals surface area contributed by atoms with Crippen LogP contribution in [0.5, 0.6) is 0 Å². The molecule has 0 N–H and O–H groups in total. The number of carbonyl (C=O) groups is 1. The summed E-state index contributed by atoms with van der Waals surface area (Å²) in [6, 6.07) is 0. The fourth-order valence-corrected chi connectivity index (χ4v) is 3.22. The van der Waals surface area contributed by atoms with Crippen molar-refractivity contribution in [2.24, 2.45) is 0 Å². The molecule has 7 nitrogen and oxygen atoms in total. The molecule has 7 heteroatoms. The van der Waals surface area contributed by atoms with Crippen molar-refractivity contribution in [2.45, 2.75) is 38.8 Å². The van der Waals surface area contributed by atoms with E-state index in [0.29, 0.717) is 32.5 Å². The number of nitrogens with zero attached hydrogens (tertiary/aromatic N) is 5. The van der Waals surface area contributed by atoms with Gasteiger partial charge in [0.05, 0.1) is 25.0 Å². The normalized spacial score (nSPS) is 16.9. The van der Waals surface area contributed by atoms with Crippen LogP contribution in [0.15, 0.2) is 24.9 Å². The average molecular weight is 329 g/mol. The monoisotopic (exact) mass is 329 g/mol. The van der Waals surface area contributed by atoms with Gasteiger partial charge in [-0.2, -0.15) is 5.10 Å². The highest BCUT2D eigenvalue weighted by molar-refractivity contribution is 5.76. The first-order valence-corrected chi connectivity index (χ1v) is 8.28. The number of rotatable bonds is 6. The number of ether oxygens (including phenoxy) is 1. The van der Waals surface area contributed by atoms with E-state index in [1.54, 1.807) is 19.5 Å². The van der Waals surface area contributed by atoms with Gasteiger partial charge in [0.1, 0.15) is 6.33 Å². The van der Waals surface area contributed by atoms with Crippen molar-refractivity contribution in [3.05, 3.63) is 41.7 Å². The van der Waals surface area contributed by atoms with E-state index in [2.05, 4.69) is 22.0 Å². The Hall–Kier alpha value is -2.28. The fourth-order valence-electron chi connectivity index (χ4n) is 3.22. The lowest BCUT2D eigenvalue weighted by molar-refractivity contribution is -0.132.